The monoisotopic (exact) mass is 292 g/mol. The summed E-state index contributed by atoms with van der Waals surface area (Å²) in [5.41, 5.74) is 0.323. The van der Waals surface area contributed by atoms with E-state index in [1.54, 1.807) is 18.2 Å². The van der Waals surface area contributed by atoms with Gasteiger partial charge in [-0.2, -0.15) is 0 Å². The van der Waals surface area contributed by atoms with Crippen molar-refractivity contribution in [3.63, 3.8) is 0 Å². The van der Waals surface area contributed by atoms with Gasteiger partial charge in [-0.1, -0.05) is 34.1 Å². The first-order valence-corrected chi connectivity index (χ1v) is 5.76. The zero-order valence-electron chi connectivity index (χ0n) is 8.84. The van der Waals surface area contributed by atoms with E-state index in [4.69, 9.17) is 0 Å². The third kappa shape index (κ3) is 2.68. The maximum absolute atomic E-state index is 12.0. The van der Waals surface area contributed by atoms with Crippen LogP contribution >= 0.6 is 15.9 Å². The molecule has 0 bridgehead atoms. The van der Waals surface area contributed by atoms with Crippen LogP contribution in [0.4, 0.5) is 0 Å². The van der Waals surface area contributed by atoms with Crippen molar-refractivity contribution < 1.29 is 4.79 Å². The van der Waals surface area contributed by atoms with Crippen LogP contribution in [0.1, 0.15) is 10.4 Å². The van der Waals surface area contributed by atoms with Crippen molar-refractivity contribution in [1.29, 1.82) is 0 Å². The molecule has 17 heavy (non-hydrogen) atoms. The molecule has 5 heteroatoms. The number of ketones is 1. The van der Waals surface area contributed by atoms with Crippen LogP contribution in [0.15, 0.2) is 52.1 Å². The van der Waals surface area contributed by atoms with E-state index < -0.39 is 0 Å². The Balaban J connectivity index is 2.27. The average molecular weight is 293 g/mol. The van der Waals surface area contributed by atoms with Crippen LogP contribution in [0, 0.1) is 0 Å². The molecule has 0 aliphatic heterocycles. The molecule has 0 unspecified atom stereocenters. The lowest BCUT2D eigenvalue weighted by atomic mass is 10.1. The van der Waals surface area contributed by atoms with E-state index in [-0.39, 0.29) is 17.9 Å². The van der Waals surface area contributed by atoms with E-state index in [1.165, 1.54) is 23.2 Å². The number of benzene rings is 1. The third-order valence-corrected chi connectivity index (χ3v) is 2.97. The van der Waals surface area contributed by atoms with Crippen LogP contribution in [-0.4, -0.2) is 15.3 Å². The summed E-state index contributed by atoms with van der Waals surface area (Å²) in [5.74, 6) is -0.132. The lowest BCUT2D eigenvalue weighted by Crippen LogP contribution is -2.23. The number of hydrogen-bond donors (Lipinski definition) is 0. The van der Waals surface area contributed by atoms with Gasteiger partial charge in [-0.15, -0.1) is 0 Å². The Morgan fingerprint density at radius 1 is 1.29 bits per heavy atom. The SMILES string of the molecule is O=C(Cn1cnccc1=O)c1ccccc1Br. The van der Waals surface area contributed by atoms with Gasteiger partial charge in [0.05, 0.1) is 12.9 Å². The lowest BCUT2D eigenvalue weighted by Gasteiger charge is -2.05. The van der Waals surface area contributed by atoms with E-state index in [0.717, 1.165) is 4.47 Å². The quantitative estimate of drug-likeness (QED) is 0.812. The lowest BCUT2D eigenvalue weighted by molar-refractivity contribution is 0.0969. The van der Waals surface area contributed by atoms with Gasteiger partial charge in [0.2, 0.25) is 0 Å². The van der Waals surface area contributed by atoms with Gasteiger partial charge >= 0.3 is 0 Å². The van der Waals surface area contributed by atoms with E-state index in [9.17, 15) is 9.59 Å². The van der Waals surface area contributed by atoms with Crippen LogP contribution in [0.5, 0.6) is 0 Å². The van der Waals surface area contributed by atoms with Gasteiger partial charge in [0.1, 0.15) is 0 Å². The summed E-state index contributed by atoms with van der Waals surface area (Å²) < 4.78 is 2.00. The minimum Gasteiger partial charge on any atom is -0.292 e. The van der Waals surface area contributed by atoms with E-state index in [2.05, 4.69) is 20.9 Å². The summed E-state index contributed by atoms with van der Waals surface area (Å²) in [5, 5.41) is 0. The first kappa shape index (κ1) is 11.7. The zero-order chi connectivity index (χ0) is 12.3. The normalized spacial score (nSPS) is 10.2. The number of nitrogens with zero attached hydrogens (tertiary/aromatic N) is 2. The topological polar surface area (TPSA) is 52.0 Å². The van der Waals surface area contributed by atoms with E-state index >= 15 is 0 Å². The van der Waals surface area contributed by atoms with Crippen molar-refractivity contribution in [2.24, 2.45) is 0 Å². The predicted molar refractivity (Wildman–Crippen MR) is 67.0 cm³/mol. The second kappa shape index (κ2) is 5.05. The van der Waals surface area contributed by atoms with Gasteiger partial charge in [0, 0.05) is 22.3 Å². The molecule has 2 rings (SSSR count). The van der Waals surface area contributed by atoms with Crippen LogP contribution in [0.25, 0.3) is 0 Å². The molecule has 0 fully saturated rings. The Hall–Kier alpha value is -1.75. The molecule has 4 nitrogen and oxygen atoms in total. The Kier molecular flexibility index (Phi) is 3.49. The van der Waals surface area contributed by atoms with Gasteiger partial charge in [-0.3, -0.25) is 14.2 Å². The molecule has 0 spiro atoms. The number of carbonyl (C=O) groups excluding carboxylic acids is 1. The maximum atomic E-state index is 12.0. The molecule has 0 aliphatic carbocycles. The molecule has 0 amide bonds. The summed E-state index contributed by atoms with van der Waals surface area (Å²) in [4.78, 5) is 27.2. The van der Waals surface area contributed by atoms with Crippen LogP contribution in [-0.2, 0) is 6.54 Å². The summed E-state index contributed by atoms with van der Waals surface area (Å²) >= 11 is 3.30. The Morgan fingerprint density at radius 2 is 2.06 bits per heavy atom. The molecule has 1 aromatic heterocycles. The number of halogens is 1. The van der Waals surface area contributed by atoms with Crippen LogP contribution < -0.4 is 5.56 Å². The van der Waals surface area contributed by atoms with Crippen molar-refractivity contribution in [3.8, 4) is 0 Å². The number of carbonyl (C=O) groups is 1. The summed E-state index contributed by atoms with van der Waals surface area (Å²) in [6.07, 6.45) is 2.76. The Bertz CT molecular complexity index is 607. The summed E-state index contributed by atoms with van der Waals surface area (Å²) in [6, 6.07) is 8.45. The first-order chi connectivity index (χ1) is 8.18. The Labute approximate surface area is 106 Å². The number of rotatable bonds is 3. The average Bonchev–Trinajstić information content (AvgIpc) is 2.32. The fraction of sp³-hybridized carbons (Fsp3) is 0.0833. The van der Waals surface area contributed by atoms with E-state index in [0.29, 0.717) is 5.56 Å². The summed E-state index contributed by atoms with van der Waals surface area (Å²) in [6.45, 7) is -0.00468. The second-order valence-electron chi connectivity index (χ2n) is 3.45. The van der Waals surface area contributed by atoms with Gasteiger partial charge in [0.25, 0.3) is 5.56 Å². The highest BCUT2D eigenvalue weighted by Crippen LogP contribution is 2.16. The molecule has 0 saturated carbocycles. The first-order valence-electron chi connectivity index (χ1n) is 4.96. The zero-order valence-corrected chi connectivity index (χ0v) is 10.4. The predicted octanol–water partition coefficient (Wildman–Crippen LogP) is 1.89. The fourth-order valence-corrected chi connectivity index (χ4v) is 1.93. The minimum atomic E-state index is -0.236. The number of hydrogen-bond acceptors (Lipinski definition) is 3. The highest BCUT2D eigenvalue weighted by molar-refractivity contribution is 9.10. The van der Waals surface area contributed by atoms with Crippen LogP contribution in [0.3, 0.4) is 0 Å². The van der Waals surface area contributed by atoms with Gasteiger partial charge in [-0.05, 0) is 6.07 Å². The molecule has 1 aromatic carbocycles. The maximum Gasteiger partial charge on any atom is 0.253 e. The molecule has 86 valence electrons. The molecule has 0 aliphatic rings. The van der Waals surface area contributed by atoms with E-state index in [1.807, 2.05) is 6.07 Å². The fourth-order valence-electron chi connectivity index (χ4n) is 1.42. The molecule has 0 saturated heterocycles. The molecular weight excluding hydrogens is 284 g/mol. The van der Waals surface area contributed by atoms with Crippen molar-refractivity contribution in [3.05, 3.63) is 63.2 Å². The van der Waals surface area contributed by atoms with Gasteiger partial charge in [-0.25, -0.2) is 4.98 Å². The highest BCUT2D eigenvalue weighted by Gasteiger charge is 2.10. The van der Waals surface area contributed by atoms with Crippen molar-refractivity contribution >= 4 is 21.7 Å². The van der Waals surface area contributed by atoms with Gasteiger partial charge in [0.15, 0.2) is 5.78 Å². The molecule has 0 radical (unpaired) electrons. The smallest absolute Gasteiger partial charge is 0.253 e. The second-order valence-corrected chi connectivity index (χ2v) is 4.30. The molecule has 0 N–H and O–H groups in total. The molecule has 2 aromatic rings. The number of aromatic nitrogens is 2. The minimum absolute atomic E-state index is 0.00468. The highest BCUT2D eigenvalue weighted by atomic mass is 79.9. The molecule has 0 atom stereocenters. The molecular formula is C12H9BrN2O2. The van der Waals surface area contributed by atoms with Crippen molar-refractivity contribution in [2.45, 2.75) is 6.54 Å². The molecule has 1 heterocycles. The number of Topliss-reactive ketones (excluding diaryl/α,β-unsaturated/α-hetero) is 1. The van der Waals surface area contributed by atoms with Crippen molar-refractivity contribution in [1.82, 2.24) is 9.55 Å². The third-order valence-electron chi connectivity index (χ3n) is 2.28. The van der Waals surface area contributed by atoms with Gasteiger partial charge < -0.3 is 0 Å². The summed E-state index contributed by atoms with van der Waals surface area (Å²) in [7, 11) is 0. The largest absolute Gasteiger partial charge is 0.292 e. The Morgan fingerprint density at radius 3 is 2.76 bits per heavy atom. The van der Waals surface area contributed by atoms with Crippen LogP contribution in [0.2, 0.25) is 0 Å². The van der Waals surface area contributed by atoms with Crippen molar-refractivity contribution in [2.75, 3.05) is 0 Å². The standard InChI is InChI=1S/C12H9BrN2O2/c13-10-4-2-1-3-9(10)11(16)7-15-8-14-6-5-12(15)17/h1-6,8H,7H2.